The molecule has 0 aliphatic carbocycles. The third-order valence-electron chi connectivity index (χ3n) is 5.52. The molecule has 3 aromatic rings. The lowest BCUT2D eigenvalue weighted by atomic mass is 9.94. The van der Waals surface area contributed by atoms with E-state index >= 15 is 0 Å². The highest BCUT2D eigenvalue weighted by molar-refractivity contribution is 8.11. The molecule has 0 bridgehead atoms. The zero-order valence-electron chi connectivity index (χ0n) is 17.7. The minimum absolute atomic E-state index is 0.596. The molecule has 0 saturated carbocycles. The lowest BCUT2D eigenvalue weighted by Gasteiger charge is -2.17. The third kappa shape index (κ3) is 4.17. The van der Waals surface area contributed by atoms with Crippen molar-refractivity contribution in [1.82, 2.24) is 4.98 Å². The maximum Gasteiger partial charge on any atom is 0.126 e. The van der Waals surface area contributed by atoms with Crippen molar-refractivity contribution in [3.63, 3.8) is 0 Å². The first-order valence-corrected chi connectivity index (χ1v) is 12.3. The van der Waals surface area contributed by atoms with E-state index in [1.165, 1.54) is 28.9 Å². The summed E-state index contributed by atoms with van der Waals surface area (Å²) in [7, 11) is 0. The van der Waals surface area contributed by atoms with Crippen LogP contribution in [-0.4, -0.2) is 4.98 Å². The van der Waals surface area contributed by atoms with Crippen molar-refractivity contribution in [1.29, 1.82) is 10.5 Å². The zero-order chi connectivity index (χ0) is 21.8. The fourth-order valence-corrected chi connectivity index (χ4v) is 6.08. The summed E-state index contributed by atoms with van der Waals surface area (Å²) in [5, 5.41) is 22.6. The Morgan fingerprint density at radius 2 is 2.03 bits per heavy atom. The van der Waals surface area contributed by atoms with Crippen LogP contribution in [0.25, 0.3) is 25.6 Å². The Morgan fingerprint density at radius 1 is 1.16 bits per heavy atom. The normalized spacial score (nSPS) is 13.1. The second kappa shape index (κ2) is 9.52. The molecule has 0 fully saturated rings. The first kappa shape index (κ1) is 21.4. The van der Waals surface area contributed by atoms with E-state index in [1.54, 1.807) is 29.2 Å². The van der Waals surface area contributed by atoms with E-state index in [0.29, 0.717) is 11.1 Å². The molecule has 1 aromatic carbocycles. The minimum Gasteiger partial charge on any atom is -0.242 e. The van der Waals surface area contributed by atoms with Crippen LogP contribution in [0.15, 0.2) is 41.8 Å². The van der Waals surface area contributed by atoms with Crippen LogP contribution in [0.3, 0.4) is 0 Å². The predicted octanol–water partition coefficient (Wildman–Crippen LogP) is 7.74. The van der Waals surface area contributed by atoms with E-state index in [0.717, 1.165) is 45.6 Å². The molecule has 154 valence electrons. The van der Waals surface area contributed by atoms with Gasteiger partial charge < -0.3 is 0 Å². The van der Waals surface area contributed by atoms with Gasteiger partial charge in [0.05, 0.1) is 22.1 Å². The van der Waals surface area contributed by atoms with Gasteiger partial charge in [-0.1, -0.05) is 55.8 Å². The van der Waals surface area contributed by atoms with Crippen molar-refractivity contribution in [2.45, 2.75) is 46.0 Å². The molecule has 3 nitrogen and oxygen atoms in total. The monoisotopic (exact) mass is 441 g/mol. The molecule has 0 spiro atoms. The Morgan fingerprint density at radius 3 is 2.74 bits per heavy atom. The SMILES string of the molecule is CCCCCc1c(C)nc2sc(-c3cccc(C#N)c3)c(C#N)c2c1C1=CCC=CS1. The molecule has 0 saturated heterocycles. The maximum absolute atomic E-state index is 10.2. The van der Waals surface area contributed by atoms with Gasteiger partial charge in [-0.25, -0.2) is 4.98 Å². The van der Waals surface area contributed by atoms with Crippen molar-refractivity contribution in [3.05, 3.63) is 69.8 Å². The number of aryl methyl sites for hydroxylation is 1. The molecule has 0 atom stereocenters. The standard InChI is InChI=1S/C26H23N3S2/c1-3-4-5-11-20-17(2)29-26-24(23(20)22-12-6-7-13-30-22)21(16-28)25(31-26)19-10-8-9-18(14-19)15-27/h7-10,12-14H,3-6,11H2,1-2H3. The molecule has 2 aromatic heterocycles. The lowest BCUT2D eigenvalue weighted by molar-refractivity contribution is 0.713. The quantitative estimate of drug-likeness (QED) is 0.367. The molecule has 31 heavy (non-hydrogen) atoms. The summed E-state index contributed by atoms with van der Waals surface area (Å²) in [6, 6.07) is 12.2. The summed E-state index contributed by atoms with van der Waals surface area (Å²) in [5.74, 6) is 0. The molecule has 1 aliphatic rings. The zero-order valence-corrected chi connectivity index (χ0v) is 19.4. The van der Waals surface area contributed by atoms with Gasteiger partial charge in [-0.05, 0) is 54.9 Å². The lowest BCUT2D eigenvalue weighted by Crippen LogP contribution is -2.01. The second-order valence-corrected chi connectivity index (χ2v) is 9.54. The van der Waals surface area contributed by atoms with Gasteiger partial charge in [0, 0.05) is 21.5 Å². The van der Waals surface area contributed by atoms with E-state index in [-0.39, 0.29) is 0 Å². The Labute approximate surface area is 191 Å². The number of fused-ring (bicyclic) bond motifs is 1. The molecule has 3 heterocycles. The number of hydrogen-bond acceptors (Lipinski definition) is 5. The fourth-order valence-electron chi connectivity index (χ4n) is 4.01. The fraction of sp³-hybridized carbons (Fsp3) is 0.269. The average Bonchev–Trinajstić information content (AvgIpc) is 3.17. The molecule has 5 heteroatoms. The number of unbranched alkanes of at least 4 members (excludes halogenated alkanes) is 2. The molecule has 0 N–H and O–H groups in total. The number of hydrogen-bond donors (Lipinski definition) is 0. The van der Waals surface area contributed by atoms with Gasteiger partial charge in [0.15, 0.2) is 0 Å². The summed E-state index contributed by atoms with van der Waals surface area (Å²) in [6.07, 6.45) is 9.77. The van der Waals surface area contributed by atoms with Gasteiger partial charge in [0.2, 0.25) is 0 Å². The van der Waals surface area contributed by atoms with Gasteiger partial charge >= 0.3 is 0 Å². The highest BCUT2D eigenvalue weighted by atomic mass is 32.2. The van der Waals surface area contributed by atoms with Gasteiger partial charge in [0.1, 0.15) is 10.9 Å². The van der Waals surface area contributed by atoms with Gasteiger partial charge in [-0.2, -0.15) is 10.5 Å². The van der Waals surface area contributed by atoms with Crippen molar-refractivity contribution in [3.8, 4) is 22.6 Å². The highest BCUT2D eigenvalue weighted by Crippen LogP contribution is 2.46. The third-order valence-corrected chi connectivity index (χ3v) is 7.61. The highest BCUT2D eigenvalue weighted by Gasteiger charge is 2.24. The topological polar surface area (TPSA) is 60.5 Å². The Bertz CT molecular complexity index is 1280. The number of nitriles is 2. The smallest absolute Gasteiger partial charge is 0.126 e. The Hall–Kier alpha value is -2.86. The second-order valence-electron chi connectivity index (χ2n) is 7.59. The molecule has 1 aliphatic heterocycles. The number of allylic oxidation sites excluding steroid dienone is 2. The van der Waals surface area contributed by atoms with Crippen molar-refractivity contribution in [2.24, 2.45) is 0 Å². The summed E-state index contributed by atoms with van der Waals surface area (Å²) in [5.41, 5.74) is 5.67. The van der Waals surface area contributed by atoms with Gasteiger partial charge in [-0.3, -0.25) is 0 Å². The summed E-state index contributed by atoms with van der Waals surface area (Å²) >= 11 is 3.28. The van der Waals surface area contributed by atoms with Crippen LogP contribution in [0.4, 0.5) is 0 Å². The summed E-state index contributed by atoms with van der Waals surface area (Å²) < 4.78 is 0. The van der Waals surface area contributed by atoms with Crippen LogP contribution in [-0.2, 0) is 6.42 Å². The maximum atomic E-state index is 10.2. The number of rotatable bonds is 6. The van der Waals surface area contributed by atoms with Crippen LogP contribution < -0.4 is 0 Å². The van der Waals surface area contributed by atoms with E-state index in [1.807, 2.05) is 18.2 Å². The van der Waals surface area contributed by atoms with Crippen LogP contribution >= 0.6 is 23.1 Å². The van der Waals surface area contributed by atoms with Crippen LogP contribution in [0, 0.1) is 29.6 Å². The van der Waals surface area contributed by atoms with Crippen LogP contribution in [0.2, 0.25) is 0 Å². The summed E-state index contributed by atoms with van der Waals surface area (Å²) in [4.78, 5) is 7.97. The predicted molar refractivity (Wildman–Crippen MR) is 132 cm³/mol. The first-order valence-electron chi connectivity index (χ1n) is 10.6. The summed E-state index contributed by atoms with van der Waals surface area (Å²) in [6.45, 7) is 4.31. The Kier molecular flexibility index (Phi) is 6.56. The van der Waals surface area contributed by atoms with E-state index in [4.69, 9.17) is 4.98 Å². The van der Waals surface area contributed by atoms with E-state index in [2.05, 4.69) is 43.5 Å². The average molecular weight is 442 g/mol. The molecular weight excluding hydrogens is 418 g/mol. The van der Waals surface area contributed by atoms with Crippen LogP contribution in [0.1, 0.15) is 60.6 Å². The van der Waals surface area contributed by atoms with E-state index < -0.39 is 0 Å². The molecule has 0 unspecified atom stereocenters. The first-order chi connectivity index (χ1) is 15.2. The molecule has 0 amide bonds. The number of aromatic nitrogens is 1. The molecule has 4 rings (SSSR count). The van der Waals surface area contributed by atoms with Crippen molar-refractivity contribution < 1.29 is 0 Å². The number of nitrogens with zero attached hydrogens (tertiary/aromatic N) is 3. The number of pyridine rings is 1. The number of benzene rings is 1. The van der Waals surface area contributed by atoms with Gasteiger partial charge in [0.25, 0.3) is 0 Å². The number of thioether (sulfide) groups is 1. The molecular formula is C26H23N3S2. The molecule has 0 radical (unpaired) electrons. The largest absolute Gasteiger partial charge is 0.242 e. The van der Waals surface area contributed by atoms with Gasteiger partial charge in [-0.15, -0.1) is 11.3 Å². The van der Waals surface area contributed by atoms with E-state index in [9.17, 15) is 10.5 Å². The Balaban J connectivity index is 2.00. The van der Waals surface area contributed by atoms with Crippen molar-refractivity contribution >= 4 is 38.2 Å². The van der Waals surface area contributed by atoms with Crippen molar-refractivity contribution in [2.75, 3.05) is 0 Å². The van der Waals surface area contributed by atoms with Crippen LogP contribution in [0.5, 0.6) is 0 Å². The number of thiophene rings is 1. The minimum atomic E-state index is 0.596.